The first-order valence-corrected chi connectivity index (χ1v) is 12.2. The van der Waals surface area contributed by atoms with Crippen molar-refractivity contribution in [1.29, 1.82) is 0 Å². The number of aromatic nitrogens is 5. The van der Waals surface area contributed by atoms with Crippen molar-refractivity contribution in [3.63, 3.8) is 0 Å². The molecule has 2 aromatic carbocycles. The number of rotatable bonds is 9. The van der Waals surface area contributed by atoms with Gasteiger partial charge in [0.25, 0.3) is 5.56 Å². The van der Waals surface area contributed by atoms with Gasteiger partial charge in [0.15, 0.2) is 5.16 Å². The van der Waals surface area contributed by atoms with Crippen molar-refractivity contribution in [2.45, 2.75) is 31.8 Å². The first kappa shape index (κ1) is 24.2. The van der Waals surface area contributed by atoms with E-state index in [0.29, 0.717) is 23.2 Å². The molecule has 2 aromatic heterocycles. The highest BCUT2D eigenvalue weighted by molar-refractivity contribution is 7.99. The SMILES string of the molecule is Cc1ccc(C)c(-n2c(Cc3cc(=O)[nH]c(=O)[nH]3)nnc2SCC(=O)NCCc2ccccc2)c1. The molecule has 0 atom stereocenters. The molecule has 3 N–H and O–H groups in total. The molecule has 0 aliphatic rings. The fraction of sp³-hybridized carbons (Fsp3) is 0.240. The number of aromatic amines is 2. The molecule has 35 heavy (non-hydrogen) atoms. The van der Waals surface area contributed by atoms with E-state index < -0.39 is 11.2 Å². The van der Waals surface area contributed by atoms with Crippen molar-refractivity contribution in [3.05, 3.63) is 104 Å². The quantitative estimate of drug-likeness (QED) is 0.309. The lowest BCUT2D eigenvalue weighted by atomic mass is 10.1. The highest BCUT2D eigenvalue weighted by atomic mass is 32.2. The molecule has 0 spiro atoms. The van der Waals surface area contributed by atoms with Crippen LogP contribution in [0.4, 0.5) is 0 Å². The van der Waals surface area contributed by atoms with Gasteiger partial charge in [0.05, 0.1) is 11.4 Å². The fourth-order valence-electron chi connectivity index (χ4n) is 3.67. The summed E-state index contributed by atoms with van der Waals surface area (Å²) in [5.41, 5.74) is 3.47. The smallest absolute Gasteiger partial charge is 0.325 e. The second-order valence-electron chi connectivity index (χ2n) is 8.19. The van der Waals surface area contributed by atoms with Crippen LogP contribution in [0, 0.1) is 13.8 Å². The zero-order chi connectivity index (χ0) is 24.8. The number of hydrogen-bond acceptors (Lipinski definition) is 6. The molecule has 2 heterocycles. The second-order valence-corrected chi connectivity index (χ2v) is 9.13. The molecule has 10 heteroatoms. The minimum Gasteiger partial charge on any atom is -0.355 e. The predicted octanol–water partition coefficient (Wildman–Crippen LogP) is 2.30. The molecule has 0 radical (unpaired) electrons. The Kier molecular flexibility index (Phi) is 7.61. The van der Waals surface area contributed by atoms with Gasteiger partial charge in [-0.3, -0.25) is 19.1 Å². The lowest BCUT2D eigenvalue weighted by Gasteiger charge is -2.14. The summed E-state index contributed by atoms with van der Waals surface area (Å²) in [7, 11) is 0. The van der Waals surface area contributed by atoms with Crippen LogP contribution in [0.1, 0.15) is 28.2 Å². The van der Waals surface area contributed by atoms with E-state index in [1.807, 2.05) is 66.9 Å². The summed E-state index contributed by atoms with van der Waals surface area (Å²) in [6.07, 6.45) is 0.956. The third-order valence-corrected chi connectivity index (χ3v) is 6.31. The monoisotopic (exact) mass is 490 g/mol. The van der Waals surface area contributed by atoms with Crippen molar-refractivity contribution in [2.24, 2.45) is 0 Å². The molecule has 180 valence electrons. The lowest BCUT2D eigenvalue weighted by Crippen LogP contribution is -2.27. The fourth-order valence-corrected chi connectivity index (χ4v) is 4.46. The number of carbonyl (C=O) groups is 1. The number of H-pyrrole nitrogens is 2. The molecule has 0 aliphatic heterocycles. The van der Waals surface area contributed by atoms with E-state index in [1.165, 1.54) is 17.8 Å². The second kappa shape index (κ2) is 11.0. The standard InChI is InChI=1S/C25H26N6O3S/c1-16-8-9-17(2)20(12-16)31-21(13-19-14-22(32)28-24(34)27-19)29-30-25(31)35-15-23(33)26-11-10-18-6-4-3-5-7-18/h3-9,12,14H,10-11,13,15H2,1-2H3,(H,26,33)(H2,27,28,32,34). The maximum Gasteiger partial charge on any atom is 0.325 e. The predicted molar refractivity (Wildman–Crippen MR) is 135 cm³/mol. The molecular weight excluding hydrogens is 464 g/mol. The third kappa shape index (κ3) is 6.36. The Morgan fingerprint density at radius 1 is 1.03 bits per heavy atom. The van der Waals surface area contributed by atoms with E-state index in [0.717, 1.165) is 28.8 Å². The van der Waals surface area contributed by atoms with Crippen molar-refractivity contribution in [3.8, 4) is 5.69 Å². The van der Waals surface area contributed by atoms with E-state index in [-0.39, 0.29) is 18.1 Å². The number of nitrogens with one attached hydrogen (secondary N) is 3. The summed E-state index contributed by atoms with van der Waals surface area (Å²) >= 11 is 1.29. The molecule has 0 saturated carbocycles. The van der Waals surface area contributed by atoms with Gasteiger partial charge >= 0.3 is 5.69 Å². The topological polar surface area (TPSA) is 126 Å². The summed E-state index contributed by atoms with van der Waals surface area (Å²) in [6, 6.07) is 17.4. The van der Waals surface area contributed by atoms with Crippen LogP contribution in [0.15, 0.2) is 69.3 Å². The van der Waals surface area contributed by atoms with Crippen LogP contribution < -0.4 is 16.6 Å². The Balaban J connectivity index is 1.53. The van der Waals surface area contributed by atoms with Gasteiger partial charge in [0.1, 0.15) is 5.82 Å². The first-order valence-electron chi connectivity index (χ1n) is 11.2. The number of carbonyl (C=O) groups excluding carboxylic acids is 1. The normalized spacial score (nSPS) is 10.9. The Morgan fingerprint density at radius 3 is 2.60 bits per heavy atom. The van der Waals surface area contributed by atoms with Crippen LogP contribution in [0.5, 0.6) is 0 Å². The molecule has 0 bridgehead atoms. The van der Waals surface area contributed by atoms with Crippen molar-refractivity contribution in [1.82, 2.24) is 30.0 Å². The van der Waals surface area contributed by atoms with Crippen LogP contribution in [0.2, 0.25) is 0 Å². The molecule has 9 nitrogen and oxygen atoms in total. The van der Waals surface area contributed by atoms with Crippen LogP contribution in [0.3, 0.4) is 0 Å². The van der Waals surface area contributed by atoms with Crippen molar-refractivity contribution >= 4 is 17.7 Å². The van der Waals surface area contributed by atoms with Gasteiger partial charge in [0.2, 0.25) is 5.91 Å². The zero-order valence-electron chi connectivity index (χ0n) is 19.5. The molecule has 0 fully saturated rings. The third-order valence-electron chi connectivity index (χ3n) is 5.38. The van der Waals surface area contributed by atoms with Crippen molar-refractivity contribution < 1.29 is 4.79 Å². The summed E-state index contributed by atoms with van der Waals surface area (Å²) in [5, 5.41) is 12.1. The van der Waals surface area contributed by atoms with Gasteiger partial charge in [-0.1, -0.05) is 54.2 Å². The molecular formula is C25H26N6O3S. The van der Waals surface area contributed by atoms with Crippen LogP contribution in [0.25, 0.3) is 5.69 Å². The Morgan fingerprint density at radius 2 is 1.83 bits per heavy atom. The maximum absolute atomic E-state index is 12.5. The Hall–Kier alpha value is -3.92. The summed E-state index contributed by atoms with van der Waals surface area (Å²) in [4.78, 5) is 40.7. The number of thioether (sulfide) groups is 1. The molecule has 4 rings (SSSR count). The average Bonchev–Trinajstić information content (AvgIpc) is 3.21. The highest BCUT2D eigenvalue weighted by Crippen LogP contribution is 2.26. The van der Waals surface area contributed by atoms with Gasteiger partial charge < -0.3 is 10.3 Å². The summed E-state index contributed by atoms with van der Waals surface area (Å²) < 4.78 is 1.88. The Bertz CT molecular complexity index is 1410. The van der Waals surface area contributed by atoms with Gasteiger partial charge in [-0.05, 0) is 43.0 Å². The van der Waals surface area contributed by atoms with E-state index in [9.17, 15) is 14.4 Å². The number of nitrogens with zero attached hydrogens (tertiary/aromatic N) is 3. The van der Waals surface area contributed by atoms with E-state index in [2.05, 4.69) is 25.5 Å². The molecule has 1 amide bonds. The van der Waals surface area contributed by atoms with Crippen LogP contribution in [-0.2, 0) is 17.6 Å². The van der Waals surface area contributed by atoms with E-state index in [1.54, 1.807) is 0 Å². The highest BCUT2D eigenvalue weighted by Gasteiger charge is 2.18. The number of hydrogen-bond donors (Lipinski definition) is 3. The zero-order valence-corrected chi connectivity index (χ0v) is 20.3. The van der Waals surface area contributed by atoms with Gasteiger partial charge in [-0.25, -0.2) is 4.79 Å². The minimum atomic E-state index is -0.577. The lowest BCUT2D eigenvalue weighted by molar-refractivity contribution is -0.118. The van der Waals surface area contributed by atoms with Crippen LogP contribution >= 0.6 is 11.8 Å². The van der Waals surface area contributed by atoms with Gasteiger partial charge in [-0.15, -0.1) is 10.2 Å². The number of benzene rings is 2. The summed E-state index contributed by atoms with van der Waals surface area (Å²) in [6.45, 7) is 4.53. The molecule has 0 aliphatic carbocycles. The van der Waals surface area contributed by atoms with E-state index >= 15 is 0 Å². The molecule has 0 unspecified atom stereocenters. The maximum atomic E-state index is 12.5. The van der Waals surface area contributed by atoms with Crippen LogP contribution in [-0.4, -0.2) is 42.9 Å². The van der Waals surface area contributed by atoms with Crippen molar-refractivity contribution in [2.75, 3.05) is 12.3 Å². The van der Waals surface area contributed by atoms with Gasteiger partial charge in [0, 0.05) is 24.7 Å². The molecule has 0 saturated heterocycles. The van der Waals surface area contributed by atoms with Gasteiger partial charge in [-0.2, -0.15) is 0 Å². The largest absolute Gasteiger partial charge is 0.355 e. The number of amides is 1. The average molecular weight is 491 g/mol. The summed E-state index contributed by atoms with van der Waals surface area (Å²) in [5.74, 6) is 0.633. The minimum absolute atomic E-state index is 0.0954. The van der Waals surface area contributed by atoms with E-state index in [4.69, 9.17) is 0 Å². The molecule has 4 aromatic rings. The first-order chi connectivity index (χ1) is 16.9. The number of aryl methyl sites for hydroxylation is 2. The Labute approximate surface area is 206 Å².